The van der Waals surface area contributed by atoms with Crippen LogP contribution in [0.2, 0.25) is 5.02 Å². The Morgan fingerprint density at radius 2 is 1.60 bits per heavy atom. The first kappa shape index (κ1) is 41.5. The second kappa shape index (κ2) is 19.4. The minimum absolute atomic E-state index is 0.0151. The average Bonchev–Trinajstić information content (AvgIpc) is 2.98. The molecule has 2 aromatic carbocycles. The number of carboxylic acid groups (broad SMARTS) is 1. The number of halogens is 7. The molecule has 0 radical (unpaired) electrons. The Labute approximate surface area is 275 Å². The molecule has 262 valence electrons. The summed E-state index contributed by atoms with van der Waals surface area (Å²) in [5.74, 6) is -1.11. The molecular weight excluding hydrogens is 656 g/mol. The van der Waals surface area contributed by atoms with Crippen LogP contribution in [0.1, 0.15) is 40.4 Å². The summed E-state index contributed by atoms with van der Waals surface area (Å²) in [4.78, 5) is 23.6. The normalized spacial score (nSPS) is 12.2. The van der Waals surface area contributed by atoms with E-state index in [2.05, 4.69) is 15.3 Å². The second-order valence-corrected chi connectivity index (χ2v) is 11.0. The predicted molar refractivity (Wildman–Crippen MR) is 168 cm³/mol. The maximum atomic E-state index is 12.4. The fourth-order valence-electron chi connectivity index (χ4n) is 3.45. The number of nitrogens with zero attached hydrogens (tertiary/aromatic N) is 5. The van der Waals surface area contributed by atoms with Gasteiger partial charge in [-0.2, -0.15) is 38.4 Å². The number of alkyl halides is 6. The Morgan fingerprint density at radius 1 is 1.02 bits per heavy atom. The van der Waals surface area contributed by atoms with Gasteiger partial charge in [0, 0.05) is 29.4 Å². The van der Waals surface area contributed by atoms with Crippen LogP contribution in [0.3, 0.4) is 0 Å². The van der Waals surface area contributed by atoms with Gasteiger partial charge < -0.3 is 30.1 Å². The fraction of sp³-hybridized carbons (Fsp3) is 0.452. The van der Waals surface area contributed by atoms with Gasteiger partial charge >= 0.3 is 24.3 Å². The molecule has 1 atom stereocenters. The summed E-state index contributed by atoms with van der Waals surface area (Å²) in [6, 6.07) is 8.81. The molecular formula is C31H39ClF6N5O4-. The number of likely N-dealkylation sites (N-methyl/N-ethyl adjacent to an activating group) is 1. The molecule has 1 aromatic heterocycles. The average molecular weight is 695 g/mol. The molecule has 9 nitrogen and oxygen atoms in total. The van der Waals surface area contributed by atoms with Crippen molar-refractivity contribution in [2.24, 2.45) is 0 Å². The first-order valence-electron chi connectivity index (χ1n) is 14.1. The van der Waals surface area contributed by atoms with Gasteiger partial charge in [0.1, 0.15) is 5.56 Å². The summed E-state index contributed by atoms with van der Waals surface area (Å²) in [6.45, 7) is 3.36. The Kier molecular flexibility index (Phi) is 17.1. The second-order valence-electron chi connectivity index (χ2n) is 10.6. The van der Waals surface area contributed by atoms with Crippen LogP contribution in [-0.2, 0) is 18.9 Å². The van der Waals surface area contributed by atoms with Gasteiger partial charge in [-0.3, -0.25) is 0 Å². The SMILES string of the molecule is CC(CO)N(C)C.CN(C)CCCOc1ncc(C(=O)O)c(-c2ccccc2Cl)n1.C[N-]Cc1cc(C(F)(F)F)cc(C(F)(F)F)c1. The van der Waals surface area contributed by atoms with Gasteiger partial charge in [0.2, 0.25) is 0 Å². The summed E-state index contributed by atoms with van der Waals surface area (Å²) in [7, 11) is 9.16. The van der Waals surface area contributed by atoms with Crippen LogP contribution in [0, 0.1) is 0 Å². The molecule has 0 fully saturated rings. The number of hydrogen-bond acceptors (Lipinski definition) is 7. The van der Waals surface area contributed by atoms with Gasteiger partial charge in [-0.15, -0.1) is 6.54 Å². The number of aromatic carboxylic acids is 1. The highest BCUT2D eigenvalue weighted by atomic mass is 35.5. The summed E-state index contributed by atoms with van der Waals surface area (Å²) in [6.07, 6.45) is -7.54. The van der Waals surface area contributed by atoms with E-state index < -0.39 is 29.4 Å². The number of rotatable bonds is 11. The Morgan fingerprint density at radius 3 is 2.02 bits per heavy atom. The Hall–Kier alpha value is -3.50. The predicted octanol–water partition coefficient (Wildman–Crippen LogP) is 6.98. The van der Waals surface area contributed by atoms with E-state index in [0.29, 0.717) is 35.4 Å². The molecule has 0 bridgehead atoms. The van der Waals surface area contributed by atoms with Crippen LogP contribution in [0.4, 0.5) is 26.3 Å². The van der Waals surface area contributed by atoms with Crippen LogP contribution in [-0.4, -0.2) is 97.0 Å². The summed E-state index contributed by atoms with van der Waals surface area (Å²) < 4.78 is 79.8. The quantitative estimate of drug-likeness (QED) is 0.163. The van der Waals surface area contributed by atoms with Crippen molar-refractivity contribution in [3.63, 3.8) is 0 Å². The first-order valence-corrected chi connectivity index (χ1v) is 14.4. The van der Waals surface area contributed by atoms with Crippen molar-refractivity contribution < 1.29 is 46.1 Å². The van der Waals surface area contributed by atoms with Crippen molar-refractivity contribution in [2.45, 2.75) is 38.3 Å². The molecule has 16 heteroatoms. The van der Waals surface area contributed by atoms with E-state index in [4.69, 9.17) is 21.4 Å². The molecule has 47 heavy (non-hydrogen) atoms. The molecule has 0 aliphatic heterocycles. The van der Waals surface area contributed by atoms with Gasteiger partial charge in [-0.25, -0.2) is 9.78 Å². The van der Waals surface area contributed by atoms with E-state index in [1.807, 2.05) is 44.9 Å². The number of hydrogen-bond donors (Lipinski definition) is 2. The fourth-order valence-corrected chi connectivity index (χ4v) is 3.68. The maximum absolute atomic E-state index is 12.4. The zero-order valence-electron chi connectivity index (χ0n) is 26.8. The summed E-state index contributed by atoms with van der Waals surface area (Å²) >= 11 is 6.15. The van der Waals surface area contributed by atoms with E-state index >= 15 is 0 Å². The highest BCUT2D eigenvalue weighted by molar-refractivity contribution is 6.33. The molecule has 0 saturated heterocycles. The molecule has 2 N–H and O–H groups in total. The molecule has 0 spiro atoms. The number of benzene rings is 2. The van der Waals surface area contributed by atoms with Gasteiger partial charge in [0.15, 0.2) is 0 Å². The number of aliphatic hydroxyl groups is 1. The van der Waals surface area contributed by atoms with E-state index in [9.17, 15) is 36.2 Å². The molecule has 0 amide bonds. The number of ether oxygens (including phenoxy) is 1. The lowest BCUT2D eigenvalue weighted by Crippen LogP contribution is -2.27. The van der Waals surface area contributed by atoms with Crippen LogP contribution in [0.15, 0.2) is 48.7 Å². The number of aromatic nitrogens is 2. The first-order chi connectivity index (χ1) is 21.8. The van der Waals surface area contributed by atoms with Crippen molar-refractivity contribution in [3.8, 4) is 17.3 Å². The summed E-state index contributed by atoms with van der Waals surface area (Å²) in [5, 5.41) is 21.7. The summed E-state index contributed by atoms with van der Waals surface area (Å²) in [5.41, 5.74) is -1.97. The number of carboxylic acids is 1. The minimum Gasteiger partial charge on any atom is -0.661 e. The van der Waals surface area contributed by atoms with Crippen LogP contribution >= 0.6 is 11.6 Å². The zero-order valence-corrected chi connectivity index (χ0v) is 27.6. The Balaban J connectivity index is 0.000000403. The smallest absolute Gasteiger partial charge is 0.416 e. The lowest BCUT2D eigenvalue weighted by atomic mass is 10.0. The third-order valence-electron chi connectivity index (χ3n) is 6.24. The molecule has 0 saturated carbocycles. The highest BCUT2D eigenvalue weighted by Gasteiger charge is 2.36. The monoisotopic (exact) mass is 694 g/mol. The zero-order chi connectivity index (χ0) is 35.9. The minimum atomic E-state index is -4.80. The van der Waals surface area contributed by atoms with Crippen molar-refractivity contribution in [1.29, 1.82) is 0 Å². The van der Waals surface area contributed by atoms with Gasteiger partial charge in [0.05, 0.1) is 30.0 Å². The van der Waals surface area contributed by atoms with Crippen LogP contribution < -0.4 is 4.74 Å². The van der Waals surface area contributed by atoms with Gasteiger partial charge in [0.25, 0.3) is 0 Å². The third-order valence-corrected chi connectivity index (χ3v) is 6.57. The number of aliphatic hydroxyl groups excluding tert-OH is 1. The maximum Gasteiger partial charge on any atom is 0.416 e. The molecule has 0 aliphatic rings. The molecule has 1 unspecified atom stereocenters. The van der Waals surface area contributed by atoms with E-state index in [-0.39, 0.29) is 42.0 Å². The van der Waals surface area contributed by atoms with Crippen LogP contribution in [0.25, 0.3) is 16.6 Å². The van der Waals surface area contributed by atoms with Crippen LogP contribution in [0.5, 0.6) is 6.01 Å². The van der Waals surface area contributed by atoms with Crippen molar-refractivity contribution in [2.75, 3.05) is 55.0 Å². The highest BCUT2D eigenvalue weighted by Crippen LogP contribution is 2.36. The molecule has 3 aromatic rings. The molecule has 1 heterocycles. The van der Waals surface area contributed by atoms with Crippen molar-refractivity contribution in [3.05, 3.63) is 81.3 Å². The van der Waals surface area contributed by atoms with Gasteiger partial charge in [-0.1, -0.05) is 35.4 Å². The lowest BCUT2D eigenvalue weighted by molar-refractivity contribution is -0.143. The molecule has 0 aliphatic carbocycles. The Bertz CT molecular complexity index is 1380. The van der Waals surface area contributed by atoms with E-state index in [1.165, 1.54) is 13.2 Å². The van der Waals surface area contributed by atoms with Crippen molar-refractivity contribution in [1.82, 2.24) is 19.8 Å². The largest absolute Gasteiger partial charge is 0.661 e. The number of carbonyl (C=O) groups is 1. The standard InChI is InChI=1S/C16H18ClN3O3.C10H8F6N.C5H13NO/c1-20(2)8-5-9-23-16-18-10-12(15(21)22)14(19-16)11-6-3-4-7-13(11)17;1-17-5-6-2-7(9(11,12)13)4-8(3-6)10(14,15)16;1-5(4-7)6(2)3/h3-4,6-7,10H,5,8-9H2,1-2H3,(H,21,22);2-4H,5H2,1H3;5,7H,4H2,1-3H3/q;-1;. The van der Waals surface area contributed by atoms with E-state index in [1.54, 1.807) is 24.3 Å². The third kappa shape index (κ3) is 14.9. The van der Waals surface area contributed by atoms with Crippen molar-refractivity contribution >= 4 is 17.6 Å². The topological polar surface area (TPSA) is 113 Å². The van der Waals surface area contributed by atoms with Gasteiger partial charge in [-0.05, 0) is 65.8 Å². The molecule has 3 rings (SSSR count). The lowest BCUT2D eigenvalue weighted by Gasteiger charge is -2.17. The van der Waals surface area contributed by atoms with E-state index in [0.717, 1.165) is 13.0 Å².